The van der Waals surface area contributed by atoms with Crippen molar-refractivity contribution < 1.29 is 4.79 Å². The van der Waals surface area contributed by atoms with Crippen LogP contribution in [0.3, 0.4) is 0 Å². The fourth-order valence-electron chi connectivity index (χ4n) is 2.58. The predicted octanol–water partition coefficient (Wildman–Crippen LogP) is 3.24. The van der Waals surface area contributed by atoms with Crippen molar-refractivity contribution in [2.45, 2.75) is 46.1 Å². The Labute approximate surface area is 104 Å². The maximum atomic E-state index is 11.6. The van der Waals surface area contributed by atoms with Gasteiger partial charge in [-0.2, -0.15) is 0 Å². The maximum absolute atomic E-state index is 11.6. The molecule has 1 aliphatic heterocycles. The van der Waals surface area contributed by atoms with Gasteiger partial charge < -0.3 is 4.90 Å². The molecule has 17 heavy (non-hydrogen) atoms. The molecule has 1 heterocycles. The summed E-state index contributed by atoms with van der Waals surface area (Å²) in [5.74, 6) is 0.869. The van der Waals surface area contributed by atoms with Crippen LogP contribution in [0.5, 0.6) is 0 Å². The number of hydrogen-bond donors (Lipinski definition) is 0. The van der Waals surface area contributed by atoms with E-state index < -0.39 is 0 Å². The Kier molecular flexibility index (Phi) is 3.51. The Bertz CT molecular complexity index is 423. The molecule has 1 amide bonds. The van der Waals surface area contributed by atoms with Crippen molar-refractivity contribution in [1.82, 2.24) is 4.90 Å². The van der Waals surface area contributed by atoms with Crippen molar-refractivity contribution in [1.29, 1.82) is 0 Å². The third-order valence-electron chi connectivity index (χ3n) is 3.50. The first kappa shape index (κ1) is 12.2. The lowest BCUT2D eigenvalue weighted by atomic mass is 9.96. The smallest absolute Gasteiger partial charge is 0.222 e. The van der Waals surface area contributed by atoms with Crippen LogP contribution >= 0.6 is 0 Å². The van der Waals surface area contributed by atoms with Crippen LogP contribution in [0, 0.1) is 6.92 Å². The number of amides is 1. The highest BCUT2D eigenvalue weighted by Gasteiger charge is 2.20. The monoisotopic (exact) mass is 231 g/mol. The molecule has 1 saturated heterocycles. The SMILES string of the molecule is Cc1cc(CN2CCCC2=O)ccc1C(C)C. The van der Waals surface area contributed by atoms with Crippen molar-refractivity contribution in [2.75, 3.05) is 6.54 Å². The fraction of sp³-hybridized carbons (Fsp3) is 0.533. The lowest BCUT2D eigenvalue weighted by Gasteiger charge is -2.17. The van der Waals surface area contributed by atoms with Gasteiger partial charge in [-0.25, -0.2) is 0 Å². The van der Waals surface area contributed by atoms with Crippen LogP contribution in [0.2, 0.25) is 0 Å². The fourth-order valence-corrected chi connectivity index (χ4v) is 2.58. The van der Waals surface area contributed by atoms with E-state index in [1.165, 1.54) is 16.7 Å². The first-order valence-electron chi connectivity index (χ1n) is 6.45. The molecule has 2 nitrogen and oxygen atoms in total. The molecule has 0 spiro atoms. The van der Waals surface area contributed by atoms with Gasteiger partial charge >= 0.3 is 0 Å². The number of benzene rings is 1. The number of carbonyl (C=O) groups is 1. The van der Waals surface area contributed by atoms with Crippen molar-refractivity contribution in [2.24, 2.45) is 0 Å². The Morgan fingerprint density at radius 3 is 2.65 bits per heavy atom. The zero-order chi connectivity index (χ0) is 12.4. The lowest BCUT2D eigenvalue weighted by molar-refractivity contribution is -0.128. The van der Waals surface area contributed by atoms with Gasteiger partial charge in [0.1, 0.15) is 0 Å². The first-order chi connectivity index (χ1) is 8.08. The molecule has 1 fully saturated rings. The average Bonchev–Trinajstić information content (AvgIpc) is 2.64. The van der Waals surface area contributed by atoms with Gasteiger partial charge in [0.15, 0.2) is 0 Å². The molecule has 2 rings (SSSR count). The van der Waals surface area contributed by atoms with E-state index >= 15 is 0 Å². The van der Waals surface area contributed by atoms with E-state index in [1.807, 2.05) is 4.90 Å². The van der Waals surface area contributed by atoms with Gasteiger partial charge in [0.05, 0.1) is 0 Å². The van der Waals surface area contributed by atoms with Crippen molar-refractivity contribution in [3.05, 3.63) is 34.9 Å². The topological polar surface area (TPSA) is 20.3 Å². The minimum Gasteiger partial charge on any atom is -0.338 e. The highest BCUT2D eigenvalue weighted by atomic mass is 16.2. The molecule has 0 radical (unpaired) electrons. The Balaban J connectivity index is 2.12. The zero-order valence-electron chi connectivity index (χ0n) is 11.0. The normalized spacial score (nSPS) is 16.0. The predicted molar refractivity (Wildman–Crippen MR) is 69.9 cm³/mol. The van der Waals surface area contributed by atoms with Gasteiger partial charge in [0.2, 0.25) is 5.91 Å². The molecule has 1 aromatic carbocycles. The highest BCUT2D eigenvalue weighted by molar-refractivity contribution is 5.78. The summed E-state index contributed by atoms with van der Waals surface area (Å²) in [6.07, 6.45) is 1.74. The second kappa shape index (κ2) is 4.91. The second-order valence-corrected chi connectivity index (χ2v) is 5.26. The third kappa shape index (κ3) is 2.68. The number of aryl methyl sites for hydroxylation is 1. The van der Waals surface area contributed by atoms with E-state index in [1.54, 1.807) is 0 Å². The average molecular weight is 231 g/mol. The lowest BCUT2D eigenvalue weighted by Crippen LogP contribution is -2.23. The molecule has 0 bridgehead atoms. The molecule has 0 unspecified atom stereocenters. The quantitative estimate of drug-likeness (QED) is 0.782. The van der Waals surface area contributed by atoms with Crippen LogP contribution in [0.25, 0.3) is 0 Å². The molecule has 1 aliphatic rings. The van der Waals surface area contributed by atoms with Crippen LogP contribution in [0.15, 0.2) is 18.2 Å². The summed E-state index contributed by atoms with van der Waals surface area (Å²) in [4.78, 5) is 13.5. The number of hydrogen-bond acceptors (Lipinski definition) is 1. The maximum Gasteiger partial charge on any atom is 0.222 e. The minimum atomic E-state index is 0.301. The van der Waals surface area contributed by atoms with Gasteiger partial charge in [-0.3, -0.25) is 4.79 Å². The standard InChI is InChI=1S/C15H21NO/c1-11(2)14-7-6-13(9-12(14)3)10-16-8-4-5-15(16)17/h6-7,9,11H,4-5,8,10H2,1-3H3. The summed E-state index contributed by atoms with van der Waals surface area (Å²) in [7, 11) is 0. The zero-order valence-corrected chi connectivity index (χ0v) is 11.0. The molecule has 0 atom stereocenters. The first-order valence-corrected chi connectivity index (χ1v) is 6.45. The molecule has 92 valence electrons. The summed E-state index contributed by atoms with van der Waals surface area (Å²) in [6.45, 7) is 8.28. The van der Waals surface area contributed by atoms with Gasteiger partial charge in [-0.15, -0.1) is 0 Å². The van der Waals surface area contributed by atoms with Gasteiger partial charge in [-0.1, -0.05) is 32.0 Å². The minimum absolute atomic E-state index is 0.301. The molecular weight excluding hydrogens is 210 g/mol. The molecular formula is C15H21NO. The van der Waals surface area contributed by atoms with Crippen LogP contribution in [-0.4, -0.2) is 17.4 Å². The van der Waals surface area contributed by atoms with Crippen molar-refractivity contribution in [3.8, 4) is 0 Å². The number of nitrogens with zero attached hydrogens (tertiary/aromatic N) is 1. The van der Waals surface area contributed by atoms with E-state index in [0.29, 0.717) is 11.8 Å². The van der Waals surface area contributed by atoms with E-state index in [0.717, 1.165) is 25.9 Å². The van der Waals surface area contributed by atoms with Crippen molar-refractivity contribution in [3.63, 3.8) is 0 Å². The molecule has 0 saturated carbocycles. The van der Waals surface area contributed by atoms with Crippen LogP contribution in [-0.2, 0) is 11.3 Å². The van der Waals surface area contributed by atoms with Gasteiger partial charge in [-0.05, 0) is 36.0 Å². The Morgan fingerprint density at radius 2 is 2.12 bits per heavy atom. The van der Waals surface area contributed by atoms with Gasteiger partial charge in [0.25, 0.3) is 0 Å². The number of carbonyl (C=O) groups excluding carboxylic acids is 1. The number of likely N-dealkylation sites (tertiary alicyclic amines) is 1. The Hall–Kier alpha value is -1.31. The molecule has 2 heteroatoms. The van der Waals surface area contributed by atoms with Gasteiger partial charge in [0, 0.05) is 19.5 Å². The number of rotatable bonds is 3. The van der Waals surface area contributed by atoms with Crippen LogP contribution in [0.4, 0.5) is 0 Å². The summed E-state index contributed by atoms with van der Waals surface area (Å²) in [6, 6.07) is 6.59. The van der Waals surface area contributed by atoms with E-state index in [-0.39, 0.29) is 0 Å². The van der Waals surface area contributed by atoms with E-state index in [9.17, 15) is 4.79 Å². The largest absolute Gasteiger partial charge is 0.338 e. The van der Waals surface area contributed by atoms with Crippen molar-refractivity contribution >= 4 is 5.91 Å². The van der Waals surface area contributed by atoms with Crippen LogP contribution in [0.1, 0.15) is 49.3 Å². The molecule has 0 aromatic heterocycles. The summed E-state index contributed by atoms with van der Waals surface area (Å²) < 4.78 is 0. The summed E-state index contributed by atoms with van der Waals surface area (Å²) in [5.41, 5.74) is 3.99. The summed E-state index contributed by atoms with van der Waals surface area (Å²) >= 11 is 0. The van der Waals surface area contributed by atoms with E-state index in [4.69, 9.17) is 0 Å². The Morgan fingerprint density at radius 1 is 1.35 bits per heavy atom. The van der Waals surface area contributed by atoms with E-state index in [2.05, 4.69) is 39.0 Å². The molecule has 1 aromatic rings. The highest BCUT2D eigenvalue weighted by Crippen LogP contribution is 2.21. The molecule has 0 N–H and O–H groups in total. The molecule has 0 aliphatic carbocycles. The van der Waals surface area contributed by atoms with Crippen LogP contribution < -0.4 is 0 Å². The second-order valence-electron chi connectivity index (χ2n) is 5.26. The summed E-state index contributed by atoms with van der Waals surface area (Å²) in [5, 5.41) is 0. The third-order valence-corrected chi connectivity index (χ3v) is 3.50.